The first kappa shape index (κ1) is 12.5. The molecule has 5 unspecified atom stereocenters. The molecule has 0 radical (unpaired) electrons. The molecule has 0 spiro atoms. The van der Waals surface area contributed by atoms with Crippen LogP contribution in [0.3, 0.4) is 0 Å². The molecule has 2 bridgehead atoms. The van der Waals surface area contributed by atoms with E-state index in [1.54, 1.807) is 0 Å². The lowest BCUT2D eigenvalue weighted by Gasteiger charge is -2.33. The summed E-state index contributed by atoms with van der Waals surface area (Å²) in [7, 11) is 0. The zero-order valence-electron chi connectivity index (χ0n) is 11.5. The normalized spacial score (nSPS) is 43.1. The second-order valence-corrected chi connectivity index (χ2v) is 6.46. The first-order valence-electron chi connectivity index (χ1n) is 7.84. The second kappa shape index (κ2) is 5.20. The summed E-state index contributed by atoms with van der Waals surface area (Å²) in [6, 6.07) is 1.55. The molecular formula is C15H26N2O. The Hall–Kier alpha value is -0.570. The fourth-order valence-electron chi connectivity index (χ4n) is 4.29. The van der Waals surface area contributed by atoms with Crippen LogP contribution in [-0.2, 0) is 4.79 Å². The molecule has 1 amide bonds. The highest BCUT2D eigenvalue weighted by atomic mass is 16.2. The van der Waals surface area contributed by atoms with E-state index in [0.29, 0.717) is 30.0 Å². The van der Waals surface area contributed by atoms with E-state index in [1.165, 1.54) is 44.9 Å². The van der Waals surface area contributed by atoms with Crippen molar-refractivity contribution in [2.75, 3.05) is 0 Å². The molecule has 3 nitrogen and oxygen atoms in total. The standard InChI is InChI=1S/C15H26N2O/c1-2-10-5-3-4-6-13(10)17-15(18)12-9-11-7-8-14(12)16-11/h10-14,16H,2-9H2,1H3,(H,17,18). The van der Waals surface area contributed by atoms with Gasteiger partial charge in [-0.3, -0.25) is 4.79 Å². The molecule has 2 aliphatic heterocycles. The lowest BCUT2D eigenvalue weighted by Crippen LogP contribution is -2.46. The van der Waals surface area contributed by atoms with E-state index in [2.05, 4.69) is 17.6 Å². The molecule has 3 heteroatoms. The SMILES string of the molecule is CCC1CCCCC1NC(=O)C1CC2CCC1N2. The summed E-state index contributed by atoms with van der Waals surface area (Å²) < 4.78 is 0. The zero-order valence-corrected chi connectivity index (χ0v) is 11.5. The third kappa shape index (κ3) is 2.29. The van der Waals surface area contributed by atoms with Gasteiger partial charge in [-0.2, -0.15) is 0 Å². The minimum absolute atomic E-state index is 0.253. The van der Waals surface area contributed by atoms with Gasteiger partial charge in [-0.1, -0.05) is 26.2 Å². The van der Waals surface area contributed by atoms with Gasteiger partial charge in [-0.05, 0) is 38.0 Å². The molecule has 0 aromatic heterocycles. The molecule has 2 saturated heterocycles. The zero-order chi connectivity index (χ0) is 12.5. The van der Waals surface area contributed by atoms with Crippen LogP contribution in [0.4, 0.5) is 0 Å². The molecule has 102 valence electrons. The van der Waals surface area contributed by atoms with E-state index in [-0.39, 0.29) is 5.92 Å². The summed E-state index contributed by atoms with van der Waals surface area (Å²) in [6.07, 6.45) is 9.88. The van der Waals surface area contributed by atoms with Crippen molar-refractivity contribution in [3.63, 3.8) is 0 Å². The molecule has 3 aliphatic rings. The quantitative estimate of drug-likeness (QED) is 0.806. The largest absolute Gasteiger partial charge is 0.353 e. The Morgan fingerprint density at radius 3 is 2.72 bits per heavy atom. The van der Waals surface area contributed by atoms with Gasteiger partial charge in [0, 0.05) is 18.1 Å². The first-order valence-corrected chi connectivity index (χ1v) is 7.84. The Bertz CT molecular complexity index is 318. The maximum absolute atomic E-state index is 12.4. The van der Waals surface area contributed by atoms with Crippen molar-refractivity contribution in [3.05, 3.63) is 0 Å². The minimum Gasteiger partial charge on any atom is -0.353 e. The van der Waals surface area contributed by atoms with Gasteiger partial charge >= 0.3 is 0 Å². The van der Waals surface area contributed by atoms with Gasteiger partial charge in [0.1, 0.15) is 0 Å². The van der Waals surface area contributed by atoms with Gasteiger partial charge in [0.15, 0.2) is 0 Å². The number of rotatable bonds is 3. The molecule has 1 saturated carbocycles. The van der Waals surface area contributed by atoms with E-state index < -0.39 is 0 Å². The smallest absolute Gasteiger partial charge is 0.224 e. The van der Waals surface area contributed by atoms with Crippen LogP contribution < -0.4 is 10.6 Å². The van der Waals surface area contributed by atoms with E-state index in [0.717, 1.165) is 6.42 Å². The van der Waals surface area contributed by atoms with E-state index in [9.17, 15) is 4.79 Å². The highest BCUT2D eigenvalue weighted by Gasteiger charge is 2.43. The monoisotopic (exact) mass is 250 g/mol. The molecule has 2 N–H and O–H groups in total. The molecule has 0 aromatic rings. The first-order chi connectivity index (χ1) is 8.78. The van der Waals surface area contributed by atoms with Crippen LogP contribution >= 0.6 is 0 Å². The number of carbonyl (C=O) groups is 1. The van der Waals surface area contributed by atoms with Crippen molar-refractivity contribution in [2.24, 2.45) is 11.8 Å². The van der Waals surface area contributed by atoms with Gasteiger partial charge in [-0.15, -0.1) is 0 Å². The summed E-state index contributed by atoms with van der Waals surface area (Å²) in [5.74, 6) is 1.30. The fourth-order valence-corrected chi connectivity index (χ4v) is 4.29. The van der Waals surface area contributed by atoms with Crippen molar-refractivity contribution >= 4 is 5.91 Å². The van der Waals surface area contributed by atoms with Gasteiger partial charge in [0.2, 0.25) is 5.91 Å². The van der Waals surface area contributed by atoms with Crippen LogP contribution in [0.2, 0.25) is 0 Å². The third-order valence-electron chi connectivity index (χ3n) is 5.40. The molecule has 18 heavy (non-hydrogen) atoms. The topological polar surface area (TPSA) is 41.1 Å². The Labute approximate surface area is 110 Å². The summed E-state index contributed by atoms with van der Waals surface area (Å²) in [4.78, 5) is 12.4. The van der Waals surface area contributed by atoms with Gasteiger partial charge < -0.3 is 10.6 Å². The van der Waals surface area contributed by atoms with Gasteiger partial charge in [0.25, 0.3) is 0 Å². The third-order valence-corrected chi connectivity index (χ3v) is 5.40. The Morgan fingerprint density at radius 1 is 1.22 bits per heavy atom. The second-order valence-electron chi connectivity index (χ2n) is 6.46. The fraction of sp³-hybridized carbons (Fsp3) is 0.933. The number of fused-ring (bicyclic) bond motifs is 2. The van der Waals surface area contributed by atoms with Crippen molar-refractivity contribution in [1.29, 1.82) is 0 Å². The highest BCUT2D eigenvalue weighted by molar-refractivity contribution is 5.80. The minimum atomic E-state index is 0.253. The molecule has 2 heterocycles. The lowest BCUT2D eigenvalue weighted by atomic mass is 9.82. The molecule has 3 rings (SSSR count). The summed E-state index contributed by atoms with van der Waals surface area (Å²) in [5, 5.41) is 6.93. The van der Waals surface area contributed by atoms with Gasteiger partial charge in [-0.25, -0.2) is 0 Å². The van der Waals surface area contributed by atoms with Crippen molar-refractivity contribution in [1.82, 2.24) is 10.6 Å². The molecular weight excluding hydrogens is 224 g/mol. The number of carbonyl (C=O) groups excluding carboxylic acids is 1. The van der Waals surface area contributed by atoms with Crippen LogP contribution in [-0.4, -0.2) is 24.0 Å². The van der Waals surface area contributed by atoms with Crippen LogP contribution in [0.15, 0.2) is 0 Å². The predicted molar refractivity (Wildman–Crippen MR) is 72.2 cm³/mol. The Kier molecular flexibility index (Phi) is 3.60. The maximum atomic E-state index is 12.4. The van der Waals surface area contributed by atoms with Crippen molar-refractivity contribution < 1.29 is 4.79 Å². The average molecular weight is 250 g/mol. The molecule has 0 aromatic carbocycles. The summed E-state index contributed by atoms with van der Waals surface area (Å²) >= 11 is 0. The summed E-state index contributed by atoms with van der Waals surface area (Å²) in [5.41, 5.74) is 0. The Morgan fingerprint density at radius 2 is 2.06 bits per heavy atom. The lowest BCUT2D eigenvalue weighted by molar-refractivity contribution is -0.126. The summed E-state index contributed by atoms with van der Waals surface area (Å²) in [6.45, 7) is 2.26. The maximum Gasteiger partial charge on any atom is 0.224 e. The molecule has 1 aliphatic carbocycles. The predicted octanol–water partition coefficient (Wildman–Crippen LogP) is 2.21. The Balaban J connectivity index is 1.56. The van der Waals surface area contributed by atoms with Crippen LogP contribution in [0.5, 0.6) is 0 Å². The van der Waals surface area contributed by atoms with E-state index in [4.69, 9.17) is 0 Å². The van der Waals surface area contributed by atoms with Crippen LogP contribution in [0.1, 0.15) is 58.3 Å². The van der Waals surface area contributed by atoms with E-state index >= 15 is 0 Å². The van der Waals surface area contributed by atoms with Crippen LogP contribution in [0.25, 0.3) is 0 Å². The van der Waals surface area contributed by atoms with Gasteiger partial charge in [0.05, 0.1) is 5.92 Å². The number of nitrogens with one attached hydrogen (secondary N) is 2. The number of hydrogen-bond donors (Lipinski definition) is 2. The molecule has 3 fully saturated rings. The number of hydrogen-bond acceptors (Lipinski definition) is 2. The average Bonchev–Trinajstić information content (AvgIpc) is 3.01. The highest BCUT2D eigenvalue weighted by Crippen LogP contribution is 2.34. The van der Waals surface area contributed by atoms with Crippen molar-refractivity contribution in [2.45, 2.75) is 76.4 Å². The molecule has 5 atom stereocenters. The van der Waals surface area contributed by atoms with Crippen molar-refractivity contribution in [3.8, 4) is 0 Å². The number of amides is 1. The van der Waals surface area contributed by atoms with Crippen LogP contribution in [0, 0.1) is 11.8 Å². The van der Waals surface area contributed by atoms with E-state index in [1.807, 2.05) is 0 Å².